The lowest BCUT2D eigenvalue weighted by molar-refractivity contribution is 0.468. The molecule has 0 saturated heterocycles. The molecule has 1 aromatic heterocycles. The molecule has 2 N–H and O–H groups in total. The lowest BCUT2D eigenvalue weighted by Crippen LogP contribution is -2.03. The largest absolute Gasteiger partial charge is 0.453 e. The van der Waals surface area contributed by atoms with Crippen LogP contribution in [0.15, 0.2) is 18.2 Å². The van der Waals surface area contributed by atoms with Gasteiger partial charge in [0.2, 0.25) is 0 Å². The van der Waals surface area contributed by atoms with Gasteiger partial charge in [-0.2, -0.15) is 5.10 Å². The van der Waals surface area contributed by atoms with Crippen LogP contribution < -0.4 is 10.5 Å². The third-order valence-electron chi connectivity index (χ3n) is 3.03. The van der Waals surface area contributed by atoms with Gasteiger partial charge in [0.25, 0.3) is 0 Å². The molecule has 19 heavy (non-hydrogen) atoms. The number of aromatic nitrogens is 2. The highest BCUT2D eigenvalue weighted by molar-refractivity contribution is 5.39. The van der Waals surface area contributed by atoms with E-state index in [4.69, 9.17) is 10.5 Å². The summed E-state index contributed by atoms with van der Waals surface area (Å²) < 4.78 is 21.0. The minimum atomic E-state index is -0.319. The van der Waals surface area contributed by atoms with Gasteiger partial charge < -0.3 is 10.5 Å². The number of aryl methyl sites for hydroxylation is 2. The van der Waals surface area contributed by atoms with Gasteiger partial charge in [-0.3, -0.25) is 4.68 Å². The number of ether oxygens (including phenoxy) is 1. The van der Waals surface area contributed by atoms with E-state index >= 15 is 0 Å². The maximum atomic E-state index is 13.5. The quantitative estimate of drug-likeness (QED) is 0.922. The Labute approximate surface area is 112 Å². The molecule has 0 fully saturated rings. The molecule has 0 atom stereocenters. The van der Waals surface area contributed by atoms with E-state index in [9.17, 15) is 4.39 Å². The summed E-state index contributed by atoms with van der Waals surface area (Å²) in [5, 5.41) is 4.27. The first-order chi connectivity index (χ1) is 9.01. The van der Waals surface area contributed by atoms with Crippen molar-refractivity contribution in [3.63, 3.8) is 0 Å². The van der Waals surface area contributed by atoms with E-state index in [-0.39, 0.29) is 5.82 Å². The van der Waals surface area contributed by atoms with Crippen molar-refractivity contribution >= 4 is 0 Å². The van der Waals surface area contributed by atoms with Crippen molar-refractivity contribution in [2.45, 2.75) is 20.3 Å². The molecule has 0 aliphatic rings. The lowest BCUT2D eigenvalue weighted by atomic mass is 10.1. The third-order valence-corrected chi connectivity index (χ3v) is 3.03. The molecule has 0 saturated carbocycles. The van der Waals surface area contributed by atoms with Crippen molar-refractivity contribution in [2.75, 3.05) is 6.54 Å². The molecule has 0 spiro atoms. The number of hydrogen-bond donors (Lipinski definition) is 1. The van der Waals surface area contributed by atoms with Crippen molar-refractivity contribution < 1.29 is 9.13 Å². The van der Waals surface area contributed by atoms with Crippen LogP contribution in [0.25, 0.3) is 0 Å². The molecule has 2 rings (SSSR count). The molecule has 0 unspecified atom stereocenters. The van der Waals surface area contributed by atoms with Gasteiger partial charge in [-0.1, -0.05) is 0 Å². The number of nitrogens with two attached hydrogens (primary N) is 1. The summed E-state index contributed by atoms with van der Waals surface area (Å²) in [5.74, 6) is 0.828. The fourth-order valence-electron chi connectivity index (χ4n) is 2.01. The molecule has 0 aliphatic heterocycles. The number of benzene rings is 1. The SMILES string of the molecule is Cc1nn(C)c(C)c1Oc1cc(F)cc(CCN)c1. The van der Waals surface area contributed by atoms with Gasteiger partial charge in [-0.25, -0.2) is 4.39 Å². The second kappa shape index (κ2) is 5.40. The van der Waals surface area contributed by atoms with Crippen LogP contribution in [0.4, 0.5) is 4.39 Å². The minimum absolute atomic E-state index is 0.319. The molecule has 102 valence electrons. The van der Waals surface area contributed by atoms with Crippen LogP contribution in [-0.2, 0) is 13.5 Å². The summed E-state index contributed by atoms with van der Waals surface area (Å²) in [6.45, 7) is 4.26. The van der Waals surface area contributed by atoms with Gasteiger partial charge in [0, 0.05) is 13.1 Å². The van der Waals surface area contributed by atoms with Crippen molar-refractivity contribution in [2.24, 2.45) is 12.8 Å². The molecule has 0 radical (unpaired) electrons. The Balaban J connectivity index is 2.32. The number of nitrogens with zero attached hydrogens (tertiary/aromatic N) is 2. The van der Waals surface area contributed by atoms with Crippen LogP contribution in [0.5, 0.6) is 11.5 Å². The normalized spacial score (nSPS) is 10.8. The summed E-state index contributed by atoms with van der Waals surface area (Å²) in [6, 6.07) is 4.65. The Morgan fingerprint density at radius 2 is 2.05 bits per heavy atom. The summed E-state index contributed by atoms with van der Waals surface area (Å²) in [4.78, 5) is 0. The van der Waals surface area contributed by atoms with Gasteiger partial charge in [0.1, 0.15) is 17.3 Å². The molecule has 1 aromatic carbocycles. The smallest absolute Gasteiger partial charge is 0.171 e. The Hall–Kier alpha value is -1.88. The van der Waals surface area contributed by atoms with E-state index < -0.39 is 0 Å². The monoisotopic (exact) mass is 263 g/mol. The first-order valence-corrected chi connectivity index (χ1v) is 6.19. The molecule has 0 amide bonds. The Morgan fingerprint density at radius 1 is 1.32 bits per heavy atom. The Kier molecular flexibility index (Phi) is 3.85. The van der Waals surface area contributed by atoms with Crippen LogP contribution in [0.3, 0.4) is 0 Å². The highest BCUT2D eigenvalue weighted by Crippen LogP contribution is 2.29. The molecule has 4 nitrogen and oxygen atoms in total. The molecule has 1 heterocycles. The second-order valence-electron chi connectivity index (χ2n) is 4.56. The average molecular weight is 263 g/mol. The Bertz CT molecular complexity index is 593. The molecule has 2 aromatic rings. The minimum Gasteiger partial charge on any atom is -0.453 e. The summed E-state index contributed by atoms with van der Waals surface area (Å²) in [6.07, 6.45) is 0.624. The number of halogens is 1. The fourth-order valence-corrected chi connectivity index (χ4v) is 2.01. The zero-order valence-corrected chi connectivity index (χ0v) is 11.4. The van der Waals surface area contributed by atoms with Crippen molar-refractivity contribution in [1.29, 1.82) is 0 Å². The Morgan fingerprint density at radius 3 is 2.63 bits per heavy atom. The predicted molar refractivity (Wildman–Crippen MR) is 71.9 cm³/mol. The maximum absolute atomic E-state index is 13.5. The third kappa shape index (κ3) is 2.93. The van der Waals surface area contributed by atoms with E-state index in [1.807, 2.05) is 27.0 Å². The molecular formula is C14H18FN3O. The summed E-state index contributed by atoms with van der Waals surface area (Å²) in [5.41, 5.74) is 8.01. The van der Waals surface area contributed by atoms with Crippen molar-refractivity contribution in [3.05, 3.63) is 41.0 Å². The van der Waals surface area contributed by atoms with E-state index in [1.165, 1.54) is 12.1 Å². The standard InChI is InChI=1S/C14H18FN3O/c1-9-14(10(2)18(3)17-9)19-13-7-11(4-5-16)6-12(15)8-13/h6-8H,4-5,16H2,1-3H3. The maximum Gasteiger partial charge on any atom is 0.171 e. The summed E-state index contributed by atoms with van der Waals surface area (Å²) >= 11 is 0. The molecule has 0 bridgehead atoms. The topological polar surface area (TPSA) is 53.1 Å². The fraction of sp³-hybridized carbons (Fsp3) is 0.357. The highest BCUT2D eigenvalue weighted by atomic mass is 19.1. The first kappa shape index (κ1) is 13.5. The molecule has 0 aliphatic carbocycles. The lowest BCUT2D eigenvalue weighted by Gasteiger charge is -2.08. The van der Waals surface area contributed by atoms with E-state index in [0.717, 1.165) is 17.0 Å². The van der Waals surface area contributed by atoms with E-state index in [0.29, 0.717) is 24.5 Å². The first-order valence-electron chi connectivity index (χ1n) is 6.19. The van der Waals surface area contributed by atoms with Crippen LogP contribution in [0.1, 0.15) is 17.0 Å². The molecular weight excluding hydrogens is 245 g/mol. The van der Waals surface area contributed by atoms with Crippen LogP contribution in [-0.4, -0.2) is 16.3 Å². The molecule has 5 heteroatoms. The van der Waals surface area contributed by atoms with Crippen LogP contribution in [0, 0.1) is 19.7 Å². The zero-order valence-electron chi connectivity index (χ0n) is 11.4. The zero-order chi connectivity index (χ0) is 14.0. The number of hydrogen-bond acceptors (Lipinski definition) is 3. The predicted octanol–water partition coefficient (Wildman–Crippen LogP) is 2.47. The van der Waals surface area contributed by atoms with Crippen LogP contribution in [0.2, 0.25) is 0 Å². The van der Waals surface area contributed by atoms with Gasteiger partial charge in [-0.15, -0.1) is 0 Å². The van der Waals surface area contributed by atoms with E-state index in [2.05, 4.69) is 5.10 Å². The van der Waals surface area contributed by atoms with Gasteiger partial charge in [0.05, 0.1) is 5.69 Å². The highest BCUT2D eigenvalue weighted by Gasteiger charge is 2.12. The summed E-state index contributed by atoms with van der Waals surface area (Å²) in [7, 11) is 1.85. The van der Waals surface area contributed by atoms with Gasteiger partial charge in [0.15, 0.2) is 5.75 Å². The van der Waals surface area contributed by atoms with Gasteiger partial charge >= 0.3 is 0 Å². The van der Waals surface area contributed by atoms with Crippen LogP contribution >= 0.6 is 0 Å². The van der Waals surface area contributed by atoms with E-state index in [1.54, 1.807) is 4.68 Å². The van der Waals surface area contributed by atoms with Crippen molar-refractivity contribution in [3.8, 4) is 11.5 Å². The van der Waals surface area contributed by atoms with Crippen molar-refractivity contribution in [1.82, 2.24) is 9.78 Å². The average Bonchev–Trinajstić information content (AvgIpc) is 2.56. The number of rotatable bonds is 4. The van der Waals surface area contributed by atoms with Gasteiger partial charge in [-0.05, 0) is 44.5 Å². The second-order valence-corrected chi connectivity index (χ2v) is 4.56.